The number of pyridine rings is 1. The average Bonchev–Trinajstić information content (AvgIpc) is 3.42. The Morgan fingerprint density at radius 2 is 1.86 bits per heavy atom. The summed E-state index contributed by atoms with van der Waals surface area (Å²) in [5.41, 5.74) is 0.0840. The summed E-state index contributed by atoms with van der Waals surface area (Å²) in [4.78, 5) is 31.0. The van der Waals surface area contributed by atoms with Crippen LogP contribution in [0.4, 0.5) is 8.78 Å². The number of imidazole rings is 1. The standard InChI is InChI=1S/C26H26F2N4O4/c1-5-35-25(34)26(3,17-13-29-31(4)14-17)12-21(33)23-16(2)30-24-22(10-7-11-32(23)24)36-15-18-19(27)8-6-9-20(18)28/h6-11,13-14H,5,12,15H2,1-4H3. The fourth-order valence-corrected chi connectivity index (χ4v) is 4.12. The lowest BCUT2D eigenvalue weighted by atomic mass is 9.79. The molecule has 0 aliphatic heterocycles. The van der Waals surface area contributed by atoms with Gasteiger partial charge in [-0.3, -0.25) is 18.7 Å². The predicted octanol–water partition coefficient (Wildman–Crippen LogP) is 4.33. The average molecular weight is 497 g/mol. The first-order chi connectivity index (χ1) is 17.2. The number of hydrogen-bond acceptors (Lipinski definition) is 6. The van der Waals surface area contributed by atoms with E-state index in [0.717, 1.165) is 12.1 Å². The van der Waals surface area contributed by atoms with Gasteiger partial charge in [0.25, 0.3) is 0 Å². The maximum Gasteiger partial charge on any atom is 0.316 e. The van der Waals surface area contributed by atoms with Crippen molar-refractivity contribution in [3.8, 4) is 5.75 Å². The molecule has 0 bridgehead atoms. The van der Waals surface area contributed by atoms with Crippen LogP contribution in [0.25, 0.3) is 5.65 Å². The highest BCUT2D eigenvalue weighted by molar-refractivity contribution is 6.01. The van der Waals surface area contributed by atoms with Crippen LogP contribution in [0.3, 0.4) is 0 Å². The van der Waals surface area contributed by atoms with E-state index in [1.54, 1.807) is 67.6 Å². The van der Waals surface area contributed by atoms with Gasteiger partial charge in [-0.2, -0.15) is 5.10 Å². The van der Waals surface area contributed by atoms with Crippen molar-refractivity contribution in [2.75, 3.05) is 6.61 Å². The Bertz CT molecular complexity index is 1420. The summed E-state index contributed by atoms with van der Waals surface area (Å²) in [7, 11) is 1.72. The van der Waals surface area contributed by atoms with Gasteiger partial charge in [-0.15, -0.1) is 0 Å². The highest BCUT2D eigenvalue weighted by Crippen LogP contribution is 2.32. The highest BCUT2D eigenvalue weighted by atomic mass is 19.1. The number of ether oxygens (including phenoxy) is 2. The first-order valence-electron chi connectivity index (χ1n) is 11.4. The number of aromatic nitrogens is 4. The maximum atomic E-state index is 14.0. The number of halogens is 2. The number of ketones is 1. The first-order valence-corrected chi connectivity index (χ1v) is 11.4. The van der Waals surface area contributed by atoms with E-state index in [4.69, 9.17) is 9.47 Å². The van der Waals surface area contributed by atoms with Crippen LogP contribution in [-0.2, 0) is 28.6 Å². The Labute approximate surface area is 206 Å². The second-order valence-electron chi connectivity index (χ2n) is 8.66. The lowest BCUT2D eigenvalue weighted by molar-refractivity contribution is -0.149. The van der Waals surface area contributed by atoms with E-state index in [-0.39, 0.29) is 42.4 Å². The van der Waals surface area contributed by atoms with E-state index in [2.05, 4.69) is 10.1 Å². The molecule has 188 valence electrons. The summed E-state index contributed by atoms with van der Waals surface area (Å²) in [6.07, 6.45) is 4.68. The van der Waals surface area contributed by atoms with Crippen LogP contribution in [0.2, 0.25) is 0 Å². The molecule has 3 aromatic heterocycles. The molecule has 4 aromatic rings. The van der Waals surface area contributed by atoms with Crippen molar-refractivity contribution < 1.29 is 27.8 Å². The third kappa shape index (κ3) is 4.58. The monoisotopic (exact) mass is 496 g/mol. The zero-order chi connectivity index (χ0) is 26.0. The summed E-state index contributed by atoms with van der Waals surface area (Å²) < 4.78 is 42.2. The molecule has 3 heterocycles. The lowest BCUT2D eigenvalue weighted by Crippen LogP contribution is -2.37. The zero-order valence-electron chi connectivity index (χ0n) is 20.4. The Kier molecular flexibility index (Phi) is 6.87. The molecule has 0 aliphatic rings. The minimum Gasteiger partial charge on any atom is -0.485 e. The smallest absolute Gasteiger partial charge is 0.316 e. The molecule has 8 nitrogen and oxygen atoms in total. The molecule has 0 aliphatic carbocycles. The third-order valence-corrected chi connectivity index (χ3v) is 6.07. The van der Waals surface area contributed by atoms with Crippen LogP contribution in [0.1, 0.15) is 47.6 Å². The molecule has 0 radical (unpaired) electrons. The number of fused-ring (bicyclic) bond motifs is 1. The van der Waals surface area contributed by atoms with Crippen molar-refractivity contribution >= 4 is 17.4 Å². The Hall–Kier alpha value is -4.08. The molecule has 0 saturated carbocycles. The normalized spacial score (nSPS) is 12.9. The van der Waals surface area contributed by atoms with Gasteiger partial charge in [0.1, 0.15) is 29.4 Å². The number of aryl methyl sites for hydroxylation is 2. The SMILES string of the molecule is CCOC(=O)C(C)(CC(=O)c1c(C)nc2c(OCc3c(F)cccc3F)cccn12)c1cnn(C)c1. The number of rotatable bonds is 9. The quantitative estimate of drug-likeness (QED) is 0.253. The maximum absolute atomic E-state index is 14.0. The molecule has 1 atom stereocenters. The zero-order valence-corrected chi connectivity index (χ0v) is 20.4. The van der Waals surface area contributed by atoms with Gasteiger partial charge in [0.15, 0.2) is 17.2 Å². The summed E-state index contributed by atoms with van der Waals surface area (Å²) in [5, 5.41) is 4.14. The number of carbonyl (C=O) groups excluding carboxylic acids is 2. The van der Waals surface area contributed by atoms with Crippen molar-refractivity contribution in [2.24, 2.45) is 7.05 Å². The van der Waals surface area contributed by atoms with Crippen molar-refractivity contribution in [3.05, 3.63) is 83.1 Å². The van der Waals surface area contributed by atoms with Gasteiger partial charge in [0.2, 0.25) is 0 Å². The van der Waals surface area contributed by atoms with Crippen LogP contribution in [-0.4, -0.2) is 37.5 Å². The number of nitrogens with zero attached hydrogens (tertiary/aromatic N) is 4. The van der Waals surface area contributed by atoms with Crippen LogP contribution >= 0.6 is 0 Å². The highest BCUT2D eigenvalue weighted by Gasteiger charge is 2.41. The molecule has 0 fully saturated rings. The van der Waals surface area contributed by atoms with Crippen LogP contribution in [0.15, 0.2) is 48.9 Å². The number of benzene rings is 1. The van der Waals surface area contributed by atoms with Gasteiger partial charge in [0.05, 0.1) is 24.1 Å². The molecule has 36 heavy (non-hydrogen) atoms. The van der Waals surface area contributed by atoms with E-state index in [0.29, 0.717) is 16.9 Å². The number of carbonyl (C=O) groups is 2. The summed E-state index contributed by atoms with van der Waals surface area (Å²) >= 11 is 0. The topological polar surface area (TPSA) is 87.7 Å². The number of Topliss-reactive ketones (excluding diaryl/α,β-unsaturated/α-hetero) is 1. The molecule has 1 aromatic carbocycles. The molecule has 0 spiro atoms. The molecular weight excluding hydrogens is 470 g/mol. The minimum atomic E-state index is -1.27. The fraction of sp³-hybridized carbons (Fsp3) is 0.308. The van der Waals surface area contributed by atoms with Gasteiger partial charge >= 0.3 is 5.97 Å². The van der Waals surface area contributed by atoms with Crippen molar-refractivity contribution in [3.63, 3.8) is 0 Å². The Morgan fingerprint density at radius 1 is 1.14 bits per heavy atom. The largest absolute Gasteiger partial charge is 0.485 e. The minimum absolute atomic E-state index is 0.167. The fourth-order valence-electron chi connectivity index (χ4n) is 4.12. The second kappa shape index (κ2) is 9.88. The van der Waals surface area contributed by atoms with Crippen LogP contribution in [0, 0.1) is 18.6 Å². The van der Waals surface area contributed by atoms with E-state index < -0.39 is 23.0 Å². The Balaban J connectivity index is 1.67. The van der Waals surface area contributed by atoms with E-state index in [1.165, 1.54) is 6.07 Å². The van der Waals surface area contributed by atoms with Crippen LogP contribution in [0.5, 0.6) is 5.75 Å². The van der Waals surface area contributed by atoms with E-state index in [1.807, 2.05) is 0 Å². The summed E-state index contributed by atoms with van der Waals surface area (Å²) in [6, 6.07) is 6.83. The summed E-state index contributed by atoms with van der Waals surface area (Å²) in [5.74, 6) is -2.05. The van der Waals surface area contributed by atoms with E-state index >= 15 is 0 Å². The summed E-state index contributed by atoms with van der Waals surface area (Å²) in [6.45, 7) is 4.84. The van der Waals surface area contributed by atoms with Crippen LogP contribution < -0.4 is 4.74 Å². The van der Waals surface area contributed by atoms with Gasteiger partial charge in [0, 0.05) is 31.4 Å². The lowest BCUT2D eigenvalue weighted by Gasteiger charge is -2.25. The molecule has 10 heteroatoms. The van der Waals surface area contributed by atoms with Gasteiger partial charge in [-0.05, 0) is 45.0 Å². The Morgan fingerprint density at radius 3 is 2.50 bits per heavy atom. The second-order valence-corrected chi connectivity index (χ2v) is 8.66. The van der Waals surface area contributed by atoms with Gasteiger partial charge in [-0.25, -0.2) is 13.8 Å². The molecule has 0 N–H and O–H groups in total. The van der Waals surface area contributed by atoms with Crippen molar-refractivity contribution in [1.82, 2.24) is 19.2 Å². The van der Waals surface area contributed by atoms with Crippen molar-refractivity contribution in [2.45, 2.75) is 39.2 Å². The number of esters is 1. The molecule has 4 rings (SSSR count). The van der Waals surface area contributed by atoms with Gasteiger partial charge < -0.3 is 9.47 Å². The van der Waals surface area contributed by atoms with E-state index in [9.17, 15) is 18.4 Å². The molecule has 1 unspecified atom stereocenters. The number of hydrogen-bond donors (Lipinski definition) is 0. The third-order valence-electron chi connectivity index (χ3n) is 6.07. The molecule has 0 saturated heterocycles. The van der Waals surface area contributed by atoms with Gasteiger partial charge in [-0.1, -0.05) is 6.07 Å². The first kappa shape index (κ1) is 25.0. The van der Waals surface area contributed by atoms with Crippen molar-refractivity contribution in [1.29, 1.82) is 0 Å². The molecular formula is C26H26F2N4O4. The predicted molar refractivity (Wildman–Crippen MR) is 127 cm³/mol. The molecule has 0 amide bonds.